The Balaban J connectivity index is 1.20. The summed E-state index contributed by atoms with van der Waals surface area (Å²) in [5.41, 5.74) is 23.0. The van der Waals surface area contributed by atoms with Gasteiger partial charge in [0.15, 0.2) is 0 Å². The first-order valence-corrected chi connectivity index (χ1v) is 24.4. The second-order valence-electron chi connectivity index (χ2n) is 18.5. The number of benzene rings is 10. The van der Waals surface area contributed by atoms with Gasteiger partial charge in [-0.25, -0.2) is 0 Å². The Morgan fingerprint density at radius 2 is 0.690 bits per heavy atom. The van der Waals surface area contributed by atoms with Crippen LogP contribution in [0.3, 0.4) is 0 Å². The summed E-state index contributed by atoms with van der Waals surface area (Å²) in [6, 6.07) is 87.7. The molecular weight excluding hydrogens is 855 g/mol. The van der Waals surface area contributed by atoms with Crippen molar-refractivity contribution in [3.05, 3.63) is 330 Å². The van der Waals surface area contributed by atoms with E-state index in [0.29, 0.717) is 0 Å². The Morgan fingerprint density at radius 3 is 1.21 bits per heavy atom. The summed E-state index contributed by atoms with van der Waals surface area (Å²) in [7, 11) is 0. The van der Waals surface area contributed by atoms with Gasteiger partial charge < -0.3 is 4.90 Å². The standard InChI is InChI=1S/C70H51N/c1-5-48-28-38-54(39-29-48)69(55-40-30-49(6-2)31-41-55)63-24-15-13-21-61(63)67-64(69)25-17-26-65(67)71(58-46-36-53(37-47-58)52-18-10-9-11-19-52)66-27-16-22-60-59-20-12-14-23-62(59)70(68(60)66,56-42-32-50(7-3)33-43-56)57-44-34-51(8-4)35-45-57/h5-47H,1-4H2. The van der Waals surface area contributed by atoms with Gasteiger partial charge in [-0.2, -0.15) is 0 Å². The SMILES string of the molecule is C=Cc1ccc(C2(c3ccc(C=C)cc3)c3ccccc3-c3c(N(c4ccc(-c5ccccc5)cc4)c4cccc5c4C(c4ccc(C=C)cc4)(c4ccc(C=C)cc4)c4ccccc4-5)cccc32)cc1. The number of nitrogens with zero attached hydrogens (tertiary/aromatic N) is 1. The molecule has 10 aromatic carbocycles. The molecule has 0 unspecified atom stereocenters. The third kappa shape index (κ3) is 6.62. The van der Waals surface area contributed by atoms with Gasteiger partial charge in [-0.1, -0.05) is 263 Å². The molecule has 0 radical (unpaired) electrons. The molecule has 0 aromatic heterocycles. The highest BCUT2D eigenvalue weighted by Crippen LogP contribution is 2.63. The van der Waals surface area contributed by atoms with Crippen molar-refractivity contribution in [3.8, 4) is 33.4 Å². The molecule has 12 rings (SSSR count). The van der Waals surface area contributed by atoms with E-state index in [1.807, 2.05) is 24.3 Å². The second-order valence-corrected chi connectivity index (χ2v) is 18.5. The Labute approximate surface area is 418 Å². The molecule has 0 fully saturated rings. The summed E-state index contributed by atoms with van der Waals surface area (Å²) in [6.07, 6.45) is 7.69. The van der Waals surface area contributed by atoms with Crippen molar-refractivity contribution >= 4 is 41.4 Å². The van der Waals surface area contributed by atoms with Crippen molar-refractivity contribution in [2.45, 2.75) is 10.8 Å². The molecule has 2 aliphatic carbocycles. The molecule has 336 valence electrons. The summed E-state index contributed by atoms with van der Waals surface area (Å²) in [6.45, 7) is 16.5. The molecule has 71 heavy (non-hydrogen) atoms. The summed E-state index contributed by atoms with van der Waals surface area (Å²) in [4.78, 5) is 2.55. The van der Waals surface area contributed by atoms with E-state index in [-0.39, 0.29) is 0 Å². The van der Waals surface area contributed by atoms with Gasteiger partial charge in [0, 0.05) is 16.8 Å². The molecule has 0 N–H and O–H groups in total. The average Bonchev–Trinajstić information content (AvgIpc) is 3.93. The lowest BCUT2D eigenvalue weighted by atomic mass is 9.66. The lowest BCUT2D eigenvalue weighted by Crippen LogP contribution is -2.31. The van der Waals surface area contributed by atoms with E-state index in [0.717, 1.165) is 44.9 Å². The lowest BCUT2D eigenvalue weighted by Gasteiger charge is -2.38. The molecule has 2 aliphatic rings. The van der Waals surface area contributed by atoms with Crippen molar-refractivity contribution in [1.82, 2.24) is 0 Å². The highest BCUT2D eigenvalue weighted by Gasteiger charge is 2.50. The van der Waals surface area contributed by atoms with Crippen LogP contribution in [0.2, 0.25) is 0 Å². The third-order valence-electron chi connectivity index (χ3n) is 15.1. The maximum absolute atomic E-state index is 4.14. The normalized spacial score (nSPS) is 13.2. The van der Waals surface area contributed by atoms with E-state index in [1.54, 1.807) is 0 Å². The summed E-state index contributed by atoms with van der Waals surface area (Å²) in [5.74, 6) is 0. The summed E-state index contributed by atoms with van der Waals surface area (Å²) >= 11 is 0. The van der Waals surface area contributed by atoms with Crippen LogP contribution in [-0.2, 0) is 10.8 Å². The fraction of sp³-hybridized carbons (Fsp3) is 0.0286. The first-order chi connectivity index (χ1) is 35.0. The van der Waals surface area contributed by atoms with Crippen molar-refractivity contribution in [3.63, 3.8) is 0 Å². The van der Waals surface area contributed by atoms with Crippen LogP contribution >= 0.6 is 0 Å². The van der Waals surface area contributed by atoms with Crippen molar-refractivity contribution in [1.29, 1.82) is 0 Å². The van der Waals surface area contributed by atoms with Crippen molar-refractivity contribution in [2.75, 3.05) is 4.90 Å². The third-order valence-corrected chi connectivity index (χ3v) is 15.1. The molecule has 0 heterocycles. The van der Waals surface area contributed by atoms with Crippen LogP contribution in [0.1, 0.15) is 66.8 Å². The molecule has 0 amide bonds. The number of fused-ring (bicyclic) bond motifs is 6. The van der Waals surface area contributed by atoms with E-state index in [2.05, 4.69) is 268 Å². The highest BCUT2D eigenvalue weighted by molar-refractivity contribution is 6.01. The minimum absolute atomic E-state index is 0.650. The van der Waals surface area contributed by atoms with Crippen molar-refractivity contribution in [2.24, 2.45) is 0 Å². The zero-order valence-corrected chi connectivity index (χ0v) is 39.6. The van der Waals surface area contributed by atoms with Gasteiger partial charge in [-0.3, -0.25) is 0 Å². The molecule has 0 spiro atoms. The molecule has 0 atom stereocenters. The molecule has 0 saturated heterocycles. The molecule has 1 heteroatoms. The van der Waals surface area contributed by atoms with Gasteiger partial charge in [-0.05, 0) is 113 Å². The van der Waals surface area contributed by atoms with Crippen LogP contribution in [0.25, 0.3) is 57.7 Å². The van der Waals surface area contributed by atoms with E-state index >= 15 is 0 Å². The van der Waals surface area contributed by atoms with Gasteiger partial charge in [0.05, 0.1) is 22.2 Å². The van der Waals surface area contributed by atoms with Crippen LogP contribution in [0, 0.1) is 0 Å². The fourth-order valence-corrected chi connectivity index (χ4v) is 11.9. The smallest absolute Gasteiger partial charge is 0.0734 e. The van der Waals surface area contributed by atoms with Crippen molar-refractivity contribution < 1.29 is 0 Å². The van der Waals surface area contributed by atoms with E-state index < -0.39 is 10.8 Å². The van der Waals surface area contributed by atoms with Crippen LogP contribution in [0.4, 0.5) is 17.1 Å². The molecule has 0 bridgehead atoms. The second kappa shape index (κ2) is 17.5. The minimum Gasteiger partial charge on any atom is -0.310 e. The van der Waals surface area contributed by atoms with Gasteiger partial charge >= 0.3 is 0 Å². The van der Waals surface area contributed by atoms with Gasteiger partial charge in [-0.15, -0.1) is 0 Å². The Kier molecular flexibility index (Phi) is 10.7. The average molecular weight is 906 g/mol. The van der Waals surface area contributed by atoms with Crippen LogP contribution in [-0.4, -0.2) is 0 Å². The van der Waals surface area contributed by atoms with E-state index in [4.69, 9.17) is 0 Å². The maximum atomic E-state index is 4.14. The first kappa shape index (κ1) is 43.3. The monoisotopic (exact) mass is 905 g/mol. The molecule has 1 nitrogen and oxygen atoms in total. The summed E-state index contributed by atoms with van der Waals surface area (Å²) < 4.78 is 0. The highest BCUT2D eigenvalue weighted by atomic mass is 15.2. The van der Waals surface area contributed by atoms with Gasteiger partial charge in [0.1, 0.15) is 0 Å². The fourth-order valence-electron chi connectivity index (χ4n) is 11.9. The van der Waals surface area contributed by atoms with E-state index in [1.165, 1.54) is 72.3 Å². The van der Waals surface area contributed by atoms with Gasteiger partial charge in [0.2, 0.25) is 0 Å². The quantitative estimate of drug-likeness (QED) is 0.118. The largest absolute Gasteiger partial charge is 0.310 e. The molecule has 10 aromatic rings. The zero-order valence-electron chi connectivity index (χ0n) is 39.6. The molecule has 0 aliphatic heterocycles. The number of rotatable bonds is 12. The predicted molar refractivity (Wildman–Crippen MR) is 302 cm³/mol. The van der Waals surface area contributed by atoms with E-state index in [9.17, 15) is 0 Å². The molecular formula is C70H51N. The topological polar surface area (TPSA) is 3.24 Å². The van der Waals surface area contributed by atoms with Crippen LogP contribution in [0.15, 0.2) is 263 Å². The molecule has 0 saturated carbocycles. The Hall–Kier alpha value is -9.04. The maximum Gasteiger partial charge on any atom is 0.0734 e. The Morgan fingerprint density at radius 1 is 0.296 bits per heavy atom. The zero-order chi connectivity index (χ0) is 48.1. The number of hydrogen-bond donors (Lipinski definition) is 0. The van der Waals surface area contributed by atoms with Gasteiger partial charge in [0.25, 0.3) is 0 Å². The lowest BCUT2D eigenvalue weighted by molar-refractivity contribution is 0.766. The first-order valence-electron chi connectivity index (χ1n) is 24.4. The Bertz CT molecular complexity index is 3570. The minimum atomic E-state index is -0.719. The number of anilines is 3. The predicted octanol–water partition coefficient (Wildman–Crippen LogP) is 18.1. The number of hydrogen-bond acceptors (Lipinski definition) is 1. The summed E-state index contributed by atoms with van der Waals surface area (Å²) in [5, 5.41) is 0. The van der Waals surface area contributed by atoms with Crippen LogP contribution in [0.5, 0.6) is 0 Å². The van der Waals surface area contributed by atoms with Crippen LogP contribution < -0.4 is 4.90 Å².